The highest BCUT2D eigenvalue weighted by atomic mass is 19.1. The Labute approximate surface area is 102 Å². The van der Waals surface area contributed by atoms with Crippen LogP contribution >= 0.6 is 0 Å². The molecule has 1 aromatic carbocycles. The second-order valence-electron chi connectivity index (χ2n) is 4.98. The van der Waals surface area contributed by atoms with Crippen LogP contribution in [0, 0.1) is 19.8 Å². The van der Waals surface area contributed by atoms with Crippen LogP contribution in [0.5, 0.6) is 5.75 Å². The Kier molecular flexibility index (Phi) is 3.13. The molecule has 0 heterocycles. The molecule has 1 aliphatic rings. The quantitative estimate of drug-likeness (QED) is 0.874. The molecule has 17 heavy (non-hydrogen) atoms. The Bertz CT molecular complexity index is 428. The van der Waals surface area contributed by atoms with Crippen molar-refractivity contribution >= 4 is 0 Å². The van der Waals surface area contributed by atoms with Gasteiger partial charge in [0.05, 0.1) is 7.11 Å². The van der Waals surface area contributed by atoms with Crippen LogP contribution in [-0.4, -0.2) is 13.7 Å². The SMILES string of the molecule is COc1cc(C)c(C(F)(CN)C2CC2)cc1C. The fourth-order valence-electron chi connectivity index (χ4n) is 2.49. The monoisotopic (exact) mass is 237 g/mol. The molecule has 0 radical (unpaired) electrons. The molecule has 1 unspecified atom stereocenters. The van der Waals surface area contributed by atoms with E-state index >= 15 is 0 Å². The highest BCUT2D eigenvalue weighted by Gasteiger charge is 2.47. The molecule has 0 saturated heterocycles. The summed E-state index contributed by atoms with van der Waals surface area (Å²) >= 11 is 0. The van der Waals surface area contributed by atoms with Crippen LogP contribution in [0.1, 0.15) is 29.5 Å². The molecule has 0 aliphatic heterocycles. The molecular formula is C14H20FNO. The summed E-state index contributed by atoms with van der Waals surface area (Å²) in [7, 11) is 1.63. The largest absolute Gasteiger partial charge is 0.496 e. The topological polar surface area (TPSA) is 35.2 Å². The number of rotatable bonds is 4. The summed E-state index contributed by atoms with van der Waals surface area (Å²) in [6, 6.07) is 3.79. The number of benzene rings is 1. The minimum atomic E-state index is -1.36. The van der Waals surface area contributed by atoms with Gasteiger partial charge in [0.25, 0.3) is 0 Å². The van der Waals surface area contributed by atoms with Crippen molar-refractivity contribution in [2.75, 3.05) is 13.7 Å². The first-order valence-electron chi connectivity index (χ1n) is 6.07. The van der Waals surface area contributed by atoms with E-state index in [4.69, 9.17) is 10.5 Å². The fourth-order valence-corrected chi connectivity index (χ4v) is 2.49. The number of alkyl halides is 1. The number of nitrogens with two attached hydrogens (primary N) is 1. The first-order valence-corrected chi connectivity index (χ1v) is 6.07. The van der Waals surface area contributed by atoms with E-state index in [0.29, 0.717) is 0 Å². The number of ether oxygens (including phenoxy) is 1. The molecule has 0 bridgehead atoms. The first kappa shape index (κ1) is 12.4. The van der Waals surface area contributed by atoms with Gasteiger partial charge >= 0.3 is 0 Å². The summed E-state index contributed by atoms with van der Waals surface area (Å²) in [6.45, 7) is 3.92. The standard InChI is InChI=1S/C14H20FNO/c1-9-7-13(17-3)10(2)6-12(9)14(15,8-16)11-4-5-11/h6-7,11H,4-5,8,16H2,1-3H3. The molecule has 2 rings (SSSR count). The average molecular weight is 237 g/mol. The zero-order valence-electron chi connectivity index (χ0n) is 10.7. The Hall–Kier alpha value is -1.09. The molecule has 1 aliphatic carbocycles. The molecule has 1 saturated carbocycles. The molecule has 0 spiro atoms. The summed E-state index contributed by atoms with van der Waals surface area (Å²) in [6.07, 6.45) is 1.89. The van der Waals surface area contributed by atoms with E-state index in [1.165, 1.54) is 0 Å². The average Bonchev–Trinajstić information content (AvgIpc) is 3.15. The van der Waals surface area contributed by atoms with E-state index < -0.39 is 5.67 Å². The van der Waals surface area contributed by atoms with Crippen molar-refractivity contribution in [3.05, 3.63) is 28.8 Å². The van der Waals surface area contributed by atoms with Crippen LogP contribution in [0.15, 0.2) is 12.1 Å². The van der Waals surface area contributed by atoms with Crippen LogP contribution in [0.25, 0.3) is 0 Å². The van der Waals surface area contributed by atoms with Crippen molar-refractivity contribution in [1.82, 2.24) is 0 Å². The Morgan fingerprint density at radius 1 is 1.35 bits per heavy atom. The van der Waals surface area contributed by atoms with Crippen molar-refractivity contribution in [2.24, 2.45) is 11.7 Å². The van der Waals surface area contributed by atoms with Gasteiger partial charge in [-0.15, -0.1) is 0 Å². The van der Waals surface area contributed by atoms with Gasteiger partial charge in [-0.25, -0.2) is 4.39 Å². The first-order chi connectivity index (χ1) is 8.02. The molecule has 0 aromatic heterocycles. The minimum absolute atomic E-state index is 0.0598. The van der Waals surface area contributed by atoms with Gasteiger partial charge in [-0.1, -0.05) is 0 Å². The lowest BCUT2D eigenvalue weighted by Gasteiger charge is -2.27. The van der Waals surface area contributed by atoms with E-state index in [2.05, 4.69) is 0 Å². The van der Waals surface area contributed by atoms with Gasteiger partial charge in [-0.3, -0.25) is 0 Å². The minimum Gasteiger partial charge on any atom is -0.496 e. The van der Waals surface area contributed by atoms with Gasteiger partial charge in [0, 0.05) is 6.54 Å². The number of methoxy groups -OCH3 is 1. The molecule has 1 atom stereocenters. The number of hydrogen-bond donors (Lipinski definition) is 1. The van der Waals surface area contributed by atoms with Crippen LogP contribution < -0.4 is 10.5 Å². The van der Waals surface area contributed by atoms with Gasteiger partial charge in [-0.2, -0.15) is 0 Å². The normalized spacial score (nSPS) is 18.9. The summed E-state index contributed by atoms with van der Waals surface area (Å²) in [5, 5.41) is 0. The highest BCUT2D eigenvalue weighted by Crippen LogP contribution is 2.49. The molecule has 2 nitrogen and oxygen atoms in total. The van der Waals surface area contributed by atoms with Crippen LogP contribution in [0.3, 0.4) is 0 Å². The van der Waals surface area contributed by atoms with E-state index in [9.17, 15) is 4.39 Å². The van der Waals surface area contributed by atoms with E-state index in [1.807, 2.05) is 26.0 Å². The summed E-state index contributed by atoms with van der Waals surface area (Å²) in [5.41, 5.74) is 6.93. The predicted molar refractivity (Wildman–Crippen MR) is 67.0 cm³/mol. The molecule has 1 aromatic rings. The van der Waals surface area contributed by atoms with Crippen LogP contribution in [0.2, 0.25) is 0 Å². The molecule has 1 fully saturated rings. The summed E-state index contributed by atoms with van der Waals surface area (Å²) in [4.78, 5) is 0. The lowest BCUT2D eigenvalue weighted by atomic mass is 9.86. The smallest absolute Gasteiger partial charge is 0.151 e. The second kappa shape index (κ2) is 4.30. The third-order valence-electron chi connectivity index (χ3n) is 3.71. The molecule has 3 heteroatoms. The van der Waals surface area contributed by atoms with Crippen molar-refractivity contribution in [3.8, 4) is 5.75 Å². The van der Waals surface area contributed by atoms with Crippen molar-refractivity contribution < 1.29 is 9.13 Å². The maximum Gasteiger partial charge on any atom is 0.151 e. The lowest BCUT2D eigenvalue weighted by molar-refractivity contribution is 0.142. The lowest BCUT2D eigenvalue weighted by Crippen LogP contribution is -2.33. The van der Waals surface area contributed by atoms with Gasteiger partial charge in [-0.05, 0) is 61.4 Å². The van der Waals surface area contributed by atoms with Gasteiger partial charge in [0.15, 0.2) is 5.67 Å². The van der Waals surface area contributed by atoms with Gasteiger partial charge < -0.3 is 10.5 Å². The van der Waals surface area contributed by atoms with Crippen molar-refractivity contribution in [2.45, 2.75) is 32.4 Å². The number of hydrogen-bond acceptors (Lipinski definition) is 2. The van der Waals surface area contributed by atoms with Gasteiger partial charge in [0.1, 0.15) is 5.75 Å². The Balaban J connectivity index is 2.47. The fraction of sp³-hybridized carbons (Fsp3) is 0.571. The number of aryl methyl sites for hydroxylation is 2. The maximum atomic E-state index is 14.9. The third kappa shape index (κ3) is 2.04. The van der Waals surface area contributed by atoms with Crippen molar-refractivity contribution in [3.63, 3.8) is 0 Å². The zero-order valence-corrected chi connectivity index (χ0v) is 10.7. The van der Waals surface area contributed by atoms with E-state index in [1.54, 1.807) is 7.11 Å². The molecule has 2 N–H and O–H groups in total. The Morgan fingerprint density at radius 3 is 2.47 bits per heavy atom. The molecule has 0 amide bonds. The predicted octanol–water partition coefficient (Wildman–Crippen LogP) is 2.85. The third-order valence-corrected chi connectivity index (χ3v) is 3.71. The summed E-state index contributed by atoms with van der Waals surface area (Å²) in [5.74, 6) is 0.903. The molecule has 94 valence electrons. The summed E-state index contributed by atoms with van der Waals surface area (Å²) < 4.78 is 20.2. The molecular weight excluding hydrogens is 217 g/mol. The second-order valence-corrected chi connectivity index (χ2v) is 4.98. The Morgan fingerprint density at radius 2 is 2.00 bits per heavy atom. The highest BCUT2D eigenvalue weighted by molar-refractivity contribution is 5.45. The zero-order chi connectivity index (χ0) is 12.6. The number of halogens is 1. The van der Waals surface area contributed by atoms with Crippen LogP contribution in [-0.2, 0) is 5.67 Å². The van der Waals surface area contributed by atoms with E-state index in [0.717, 1.165) is 35.3 Å². The van der Waals surface area contributed by atoms with Crippen molar-refractivity contribution in [1.29, 1.82) is 0 Å². The maximum absolute atomic E-state index is 14.9. The van der Waals surface area contributed by atoms with Gasteiger partial charge in [0.2, 0.25) is 0 Å². The van der Waals surface area contributed by atoms with Crippen LogP contribution in [0.4, 0.5) is 4.39 Å². The van der Waals surface area contributed by atoms with E-state index in [-0.39, 0.29) is 12.5 Å².